The van der Waals surface area contributed by atoms with Gasteiger partial charge in [-0.15, -0.1) is 0 Å². The highest BCUT2D eigenvalue weighted by atomic mass is 16.2. The minimum absolute atomic E-state index is 0.0395. The van der Waals surface area contributed by atoms with Crippen molar-refractivity contribution in [3.8, 4) is 0 Å². The third kappa shape index (κ3) is 5.01. The summed E-state index contributed by atoms with van der Waals surface area (Å²) < 4.78 is 0. The van der Waals surface area contributed by atoms with Crippen LogP contribution in [0.15, 0.2) is 36.5 Å². The minimum Gasteiger partial charge on any atom is -0.372 e. The van der Waals surface area contributed by atoms with E-state index in [2.05, 4.69) is 46.2 Å². The molecule has 0 unspecified atom stereocenters. The molecule has 8 heteroatoms. The van der Waals surface area contributed by atoms with Gasteiger partial charge in [-0.1, -0.05) is 0 Å². The van der Waals surface area contributed by atoms with Gasteiger partial charge < -0.3 is 20.0 Å². The van der Waals surface area contributed by atoms with Gasteiger partial charge in [0.15, 0.2) is 0 Å². The Morgan fingerprint density at radius 3 is 2.21 bits per heavy atom. The largest absolute Gasteiger partial charge is 0.372 e. The SMILES string of the molecule is CCN(CC)c1ccc(Nc2nccc(C(=O)N3CCN(C(C)=O)CC3)n2)cc1. The topological polar surface area (TPSA) is 81.7 Å². The number of carbonyl (C=O) groups excluding carboxylic acids is 2. The lowest BCUT2D eigenvalue weighted by molar-refractivity contribution is -0.130. The van der Waals surface area contributed by atoms with Gasteiger partial charge in [0.1, 0.15) is 5.69 Å². The fraction of sp³-hybridized carbons (Fsp3) is 0.429. The maximum absolute atomic E-state index is 12.8. The van der Waals surface area contributed by atoms with Gasteiger partial charge in [-0.3, -0.25) is 9.59 Å². The summed E-state index contributed by atoms with van der Waals surface area (Å²) in [7, 11) is 0. The molecule has 154 valence electrons. The van der Waals surface area contributed by atoms with Crippen LogP contribution in [0.2, 0.25) is 0 Å². The molecule has 8 nitrogen and oxygen atoms in total. The zero-order valence-corrected chi connectivity index (χ0v) is 17.3. The van der Waals surface area contributed by atoms with E-state index in [4.69, 9.17) is 0 Å². The van der Waals surface area contributed by atoms with Crippen molar-refractivity contribution in [2.45, 2.75) is 20.8 Å². The Bertz CT molecular complexity index is 843. The van der Waals surface area contributed by atoms with Crippen LogP contribution in [-0.4, -0.2) is 70.9 Å². The molecule has 0 radical (unpaired) electrons. The number of nitrogens with zero attached hydrogens (tertiary/aromatic N) is 5. The Labute approximate surface area is 171 Å². The summed E-state index contributed by atoms with van der Waals surface area (Å²) in [6.07, 6.45) is 1.58. The highest BCUT2D eigenvalue weighted by Crippen LogP contribution is 2.20. The van der Waals surface area contributed by atoms with E-state index in [9.17, 15) is 9.59 Å². The zero-order chi connectivity index (χ0) is 20.8. The van der Waals surface area contributed by atoms with E-state index < -0.39 is 0 Å². The number of nitrogens with one attached hydrogen (secondary N) is 1. The summed E-state index contributed by atoms with van der Waals surface area (Å²) in [5, 5.41) is 3.16. The Balaban J connectivity index is 1.65. The van der Waals surface area contributed by atoms with Crippen LogP contribution in [0.3, 0.4) is 0 Å². The van der Waals surface area contributed by atoms with E-state index in [0.717, 1.165) is 24.5 Å². The van der Waals surface area contributed by atoms with E-state index >= 15 is 0 Å². The summed E-state index contributed by atoms with van der Waals surface area (Å²) in [6.45, 7) is 9.85. The fourth-order valence-electron chi connectivity index (χ4n) is 3.40. The lowest BCUT2D eigenvalue weighted by atomic mass is 10.2. The first-order valence-electron chi connectivity index (χ1n) is 10.0. The van der Waals surface area contributed by atoms with Crippen LogP contribution in [0.25, 0.3) is 0 Å². The number of rotatable bonds is 6. The number of amides is 2. The van der Waals surface area contributed by atoms with Gasteiger partial charge in [-0.25, -0.2) is 9.97 Å². The van der Waals surface area contributed by atoms with Gasteiger partial charge in [0.05, 0.1) is 0 Å². The van der Waals surface area contributed by atoms with Crippen molar-refractivity contribution in [1.29, 1.82) is 0 Å². The van der Waals surface area contributed by atoms with E-state index in [-0.39, 0.29) is 11.8 Å². The molecule has 0 spiro atoms. The number of hydrogen-bond acceptors (Lipinski definition) is 6. The highest BCUT2D eigenvalue weighted by molar-refractivity contribution is 5.92. The lowest BCUT2D eigenvalue weighted by Crippen LogP contribution is -2.50. The van der Waals surface area contributed by atoms with E-state index in [0.29, 0.717) is 37.8 Å². The van der Waals surface area contributed by atoms with Crippen molar-refractivity contribution in [3.05, 3.63) is 42.2 Å². The molecule has 1 aromatic carbocycles. The van der Waals surface area contributed by atoms with Crippen molar-refractivity contribution in [2.75, 3.05) is 49.5 Å². The van der Waals surface area contributed by atoms with Crippen LogP contribution < -0.4 is 10.2 Å². The fourth-order valence-corrected chi connectivity index (χ4v) is 3.40. The summed E-state index contributed by atoms with van der Waals surface area (Å²) >= 11 is 0. The van der Waals surface area contributed by atoms with Gasteiger partial charge in [0.2, 0.25) is 11.9 Å². The molecule has 0 bridgehead atoms. The molecule has 0 aliphatic carbocycles. The molecule has 1 fully saturated rings. The lowest BCUT2D eigenvalue weighted by Gasteiger charge is -2.34. The van der Waals surface area contributed by atoms with Crippen molar-refractivity contribution in [1.82, 2.24) is 19.8 Å². The van der Waals surface area contributed by atoms with Crippen LogP contribution >= 0.6 is 0 Å². The summed E-state index contributed by atoms with van der Waals surface area (Å²) in [5.74, 6) is 0.280. The number of benzene rings is 1. The van der Waals surface area contributed by atoms with Crippen LogP contribution in [0.1, 0.15) is 31.3 Å². The second-order valence-electron chi connectivity index (χ2n) is 6.91. The quantitative estimate of drug-likeness (QED) is 0.807. The van der Waals surface area contributed by atoms with Gasteiger partial charge in [-0.2, -0.15) is 0 Å². The number of hydrogen-bond donors (Lipinski definition) is 1. The molecule has 29 heavy (non-hydrogen) atoms. The van der Waals surface area contributed by atoms with Crippen molar-refractivity contribution < 1.29 is 9.59 Å². The van der Waals surface area contributed by atoms with E-state index in [1.54, 1.807) is 29.0 Å². The predicted molar refractivity (Wildman–Crippen MR) is 113 cm³/mol. The molecule has 2 aromatic rings. The van der Waals surface area contributed by atoms with E-state index in [1.807, 2.05) is 12.1 Å². The summed E-state index contributed by atoms with van der Waals surface area (Å²) in [5.41, 5.74) is 2.37. The highest BCUT2D eigenvalue weighted by Gasteiger charge is 2.24. The second kappa shape index (κ2) is 9.36. The third-order valence-electron chi connectivity index (χ3n) is 5.14. The molecule has 1 aromatic heterocycles. The predicted octanol–water partition coefficient (Wildman–Crippen LogP) is 2.37. The summed E-state index contributed by atoms with van der Waals surface area (Å²) in [4.78, 5) is 38.6. The molecule has 1 aliphatic heterocycles. The Morgan fingerprint density at radius 1 is 1.00 bits per heavy atom. The maximum atomic E-state index is 12.8. The minimum atomic E-state index is -0.143. The molecule has 0 saturated carbocycles. The normalized spacial score (nSPS) is 13.9. The van der Waals surface area contributed by atoms with Crippen molar-refractivity contribution in [2.24, 2.45) is 0 Å². The van der Waals surface area contributed by atoms with Gasteiger partial charge in [-0.05, 0) is 44.2 Å². The maximum Gasteiger partial charge on any atom is 0.272 e. The summed E-state index contributed by atoms with van der Waals surface area (Å²) in [6, 6.07) is 9.69. The Hall–Kier alpha value is -3.16. The molecular weight excluding hydrogens is 368 g/mol. The molecule has 1 N–H and O–H groups in total. The Kier molecular flexibility index (Phi) is 6.64. The first-order chi connectivity index (χ1) is 14.0. The van der Waals surface area contributed by atoms with Crippen LogP contribution in [0.4, 0.5) is 17.3 Å². The van der Waals surface area contributed by atoms with Crippen molar-refractivity contribution in [3.63, 3.8) is 0 Å². The zero-order valence-electron chi connectivity index (χ0n) is 17.3. The average molecular weight is 396 g/mol. The molecule has 2 amide bonds. The first kappa shape index (κ1) is 20.6. The molecule has 2 heterocycles. The van der Waals surface area contributed by atoms with Gasteiger partial charge in [0, 0.05) is 63.8 Å². The number of piperazine rings is 1. The molecule has 3 rings (SSSR count). The molecule has 1 aliphatic rings. The van der Waals surface area contributed by atoms with Crippen LogP contribution in [0, 0.1) is 0 Å². The van der Waals surface area contributed by atoms with Gasteiger partial charge >= 0.3 is 0 Å². The molecule has 0 atom stereocenters. The number of aromatic nitrogens is 2. The van der Waals surface area contributed by atoms with Crippen LogP contribution in [-0.2, 0) is 4.79 Å². The molecular formula is C21H28N6O2. The monoisotopic (exact) mass is 396 g/mol. The first-order valence-corrected chi connectivity index (χ1v) is 10.0. The number of anilines is 3. The third-order valence-corrected chi connectivity index (χ3v) is 5.14. The number of carbonyl (C=O) groups is 2. The standard InChI is InChI=1S/C21H28N6O2/c1-4-25(5-2)18-8-6-17(7-9-18)23-21-22-11-10-19(24-21)20(29)27-14-12-26(13-15-27)16(3)28/h6-11H,4-5,12-15H2,1-3H3,(H,22,23,24). The van der Waals surface area contributed by atoms with Crippen LogP contribution in [0.5, 0.6) is 0 Å². The smallest absolute Gasteiger partial charge is 0.272 e. The second-order valence-corrected chi connectivity index (χ2v) is 6.91. The van der Waals surface area contributed by atoms with E-state index in [1.165, 1.54) is 0 Å². The Morgan fingerprint density at radius 2 is 1.62 bits per heavy atom. The average Bonchev–Trinajstić information content (AvgIpc) is 2.75. The van der Waals surface area contributed by atoms with Crippen molar-refractivity contribution >= 4 is 29.1 Å². The van der Waals surface area contributed by atoms with Gasteiger partial charge in [0.25, 0.3) is 5.91 Å². The molecule has 1 saturated heterocycles.